The molecule has 0 unspecified atom stereocenters. The zero-order chi connectivity index (χ0) is 11.9. The molecule has 2 aliphatic rings. The van der Waals surface area contributed by atoms with E-state index in [0.717, 1.165) is 12.0 Å². The van der Waals surface area contributed by atoms with Crippen molar-refractivity contribution in [3.63, 3.8) is 0 Å². The van der Waals surface area contributed by atoms with Gasteiger partial charge in [0.15, 0.2) is 0 Å². The van der Waals surface area contributed by atoms with Gasteiger partial charge >= 0.3 is 0 Å². The van der Waals surface area contributed by atoms with Gasteiger partial charge in [-0.2, -0.15) is 0 Å². The van der Waals surface area contributed by atoms with Crippen molar-refractivity contribution >= 4 is 0 Å². The Kier molecular flexibility index (Phi) is 5.79. The Morgan fingerprint density at radius 1 is 1.00 bits per heavy atom. The zero-order valence-corrected chi connectivity index (χ0v) is 11.6. The Bertz CT molecular complexity index is 203. The Morgan fingerprint density at radius 3 is 2.71 bits per heavy atom. The average Bonchev–Trinajstić information content (AvgIpc) is 2.39. The smallest absolute Gasteiger partial charge is 0.0123 e. The van der Waals surface area contributed by atoms with Crippen molar-refractivity contribution in [3.05, 3.63) is 0 Å². The van der Waals surface area contributed by atoms with E-state index in [1.54, 1.807) is 0 Å². The molecule has 1 aliphatic heterocycles. The first-order valence-corrected chi connectivity index (χ1v) is 7.80. The molecule has 0 aromatic heterocycles. The van der Waals surface area contributed by atoms with Gasteiger partial charge in [-0.05, 0) is 71.1 Å². The first-order chi connectivity index (χ1) is 8.42. The third-order valence-corrected chi connectivity index (χ3v) is 4.73. The summed E-state index contributed by atoms with van der Waals surface area (Å²) in [5.41, 5.74) is 0. The standard InChI is InChI=1S/C15H30N2/c1-16-11-5-2-6-12-17-13-7-9-14-8-3-4-10-15(14)17/h14-16H,2-13H2,1H3/t14-,15-/m1/s1. The van der Waals surface area contributed by atoms with Crippen molar-refractivity contribution in [2.75, 3.05) is 26.7 Å². The molecule has 0 radical (unpaired) electrons. The number of rotatable bonds is 6. The van der Waals surface area contributed by atoms with Crippen LogP contribution < -0.4 is 5.32 Å². The van der Waals surface area contributed by atoms with Gasteiger partial charge in [0.25, 0.3) is 0 Å². The average molecular weight is 238 g/mol. The maximum absolute atomic E-state index is 3.24. The van der Waals surface area contributed by atoms with E-state index in [1.165, 1.54) is 77.4 Å². The quantitative estimate of drug-likeness (QED) is 0.716. The molecule has 2 heteroatoms. The number of hydrogen-bond acceptors (Lipinski definition) is 2. The van der Waals surface area contributed by atoms with Gasteiger partial charge in [0.2, 0.25) is 0 Å². The summed E-state index contributed by atoms with van der Waals surface area (Å²) in [4.78, 5) is 2.83. The van der Waals surface area contributed by atoms with Crippen molar-refractivity contribution in [1.82, 2.24) is 10.2 Å². The van der Waals surface area contributed by atoms with Crippen molar-refractivity contribution in [2.24, 2.45) is 5.92 Å². The van der Waals surface area contributed by atoms with Crippen molar-refractivity contribution in [2.45, 2.75) is 63.8 Å². The fraction of sp³-hybridized carbons (Fsp3) is 1.00. The maximum Gasteiger partial charge on any atom is 0.0123 e. The minimum atomic E-state index is 0.960. The van der Waals surface area contributed by atoms with Gasteiger partial charge < -0.3 is 10.2 Å². The fourth-order valence-corrected chi connectivity index (χ4v) is 3.80. The summed E-state index contributed by atoms with van der Waals surface area (Å²) in [6.07, 6.45) is 13.1. The summed E-state index contributed by atoms with van der Waals surface area (Å²) >= 11 is 0. The lowest BCUT2D eigenvalue weighted by molar-refractivity contribution is 0.0596. The molecule has 2 rings (SSSR count). The number of unbranched alkanes of at least 4 members (excludes halogenated alkanes) is 2. The molecule has 0 amide bonds. The molecular weight excluding hydrogens is 208 g/mol. The maximum atomic E-state index is 3.24. The highest BCUT2D eigenvalue weighted by Crippen LogP contribution is 2.35. The van der Waals surface area contributed by atoms with Crippen molar-refractivity contribution < 1.29 is 0 Å². The number of hydrogen-bond donors (Lipinski definition) is 1. The van der Waals surface area contributed by atoms with E-state index >= 15 is 0 Å². The van der Waals surface area contributed by atoms with Crippen molar-refractivity contribution in [3.8, 4) is 0 Å². The van der Waals surface area contributed by atoms with Crippen LogP contribution in [0, 0.1) is 5.92 Å². The summed E-state index contributed by atoms with van der Waals surface area (Å²) in [5, 5.41) is 3.24. The van der Waals surface area contributed by atoms with Gasteiger partial charge in [0.05, 0.1) is 0 Å². The minimum absolute atomic E-state index is 0.960. The molecule has 0 aromatic carbocycles. The highest BCUT2D eigenvalue weighted by molar-refractivity contribution is 4.87. The largest absolute Gasteiger partial charge is 0.320 e. The number of fused-ring (bicyclic) bond motifs is 1. The molecule has 0 aromatic rings. The van der Waals surface area contributed by atoms with Crippen LogP contribution in [0.5, 0.6) is 0 Å². The van der Waals surface area contributed by atoms with Gasteiger partial charge in [0.1, 0.15) is 0 Å². The number of likely N-dealkylation sites (tertiary alicyclic amines) is 1. The van der Waals surface area contributed by atoms with E-state index in [4.69, 9.17) is 0 Å². The summed E-state index contributed by atoms with van der Waals surface area (Å²) in [6, 6.07) is 0.960. The van der Waals surface area contributed by atoms with Crippen LogP contribution in [0.2, 0.25) is 0 Å². The molecule has 17 heavy (non-hydrogen) atoms. The van der Waals surface area contributed by atoms with Crippen LogP contribution in [0.4, 0.5) is 0 Å². The first kappa shape index (κ1) is 13.4. The molecule has 0 bridgehead atoms. The SMILES string of the molecule is CNCCCCCN1CCC[C@H]2CCCC[C@H]21. The molecule has 0 spiro atoms. The lowest BCUT2D eigenvalue weighted by atomic mass is 9.78. The lowest BCUT2D eigenvalue weighted by Crippen LogP contribution is -2.47. The van der Waals surface area contributed by atoms with E-state index in [1.807, 2.05) is 0 Å². The summed E-state index contributed by atoms with van der Waals surface area (Å²) in [5.74, 6) is 1.05. The highest BCUT2D eigenvalue weighted by Gasteiger charge is 2.32. The molecule has 2 nitrogen and oxygen atoms in total. The van der Waals surface area contributed by atoms with E-state index in [-0.39, 0.29) is 0 Å². The summed E-state index contributed by atoms with van der Waals surface area (Å²) in [7, 11) is 2.05. The zero-order valence-electron chi connectivity index (χ0n) is 11.6. The number of piperidine rings is 1. The first-order valence-electron chi connectivity index (χ1n) is 7.80. The van der Waals surface area contributed by atoms with E-state index in [2.05, 4.69) is 17.3 Å². The van der Waals surface area contributed by atoms with Gasteiger partial charge in [-0.3, -0.25) is 0 Å². The Hall–Kier alpha value is -0.0800. The van der Waals surface area contributed by atoms with Gasteiger partial charge in [-0.15, -0.1) is 0 Å². The molecule has 1 saturated carbocycles. The van der Waals surface area contributed by atoms with E-state index < -0.39 is 0 Å². The molecule has 100 valence electrons. The van der Waals surface area contributed by atoms with Crippen LogP contribution in [0.15, 0.2) is 0 Å². The topological polar surface area (TPSA) is 15.3 Å². The molecule has 1 heterocycles. The second-order valence-electron chi connectivity index (χ2n) is 5.95. The van der Waals surface area contributed by atoms with Gasteiger partial charge in [0, 0.05) is 6.04 Å². The molecular formula is C15H30N2. The summed E-state index contributed by atoms with van der Waals surface area (Å²) < 4.78 is 0. The van der Waals surface area contributed by atoms with E-state index in [9.17, 15) is 0 Å². The molecule has 1 aliphatic carbocycles. The molecule has 1 saturated heterocycles. The fourth-order valence-electron chi connectivity index (χ4n) is 3.80. The van der Waals surface area contributed by atoms with Gasteiger partial charge in [-0.1, -0.05) is 19.3 Å². The lowest BCUT2D eigenvalue weighted by Gasteiger charge is -2.44. The van der Waals surface area contributed by atoms with Crippen LogP contribution in [0.3, 0.4) is 0 Å². The van der Waals surface area contributed by atoms with Crippen LogP contribution >= 0.6 is 0 Å². The number of nitrogens with one attached hydrogen (secondary N) is 1. The third-order valence-electron chi connectivity index (χ3n) is 4.73. The minimum Gasteiger partial charge on any atom is -0.320 e. The van der Waals surface area contributed by atoms with Crippen molar-refractivity contribution in [1.29, 1.82) is 0 Å². The van der Waals surface area contributed by atoms with Gasteiger partial charge in [-0.25, -0.2) is 0 Å². The Morgan fingerprint density at radius 2 is 1.82 bits per heavy atom. The molecule has 2 atom stereocenters. The van der Waals surface area contributed by atoms with E-state index in [0.29, 0.717) is 0 Å². The third kappa shape index (κ3) is 3.96. The van der Waals surface area contributed by atoms with Crippen LogP contribution in [-0.2, 0) is 0 Å². The van der Waals surface area contributed by atoms with Crippen LogP contribution in [-0.4, -0.2) is 37.6 Å². The Balaban J connectivity index is 1.67. The predicted molar refractivity (Wildman–Crippen MR) is 74.3 cm³/mol. The highest BCUT2D eigenvalue weighted by atomic mass is 15.2. The van der Waals surface area contributed by atoms with Crippen LogP contribution in [0.1, 0.15) is 57.8 Å². The predicted octanol–water partition coefficient (Wildman–Crippen LogP) is 3.03. The monoisotopic (exact) mass is 238 g/mol. The van der Waals surface area contributed by atoms with Crippen LogP contribution in [0.25, 0.3) is 0 Å². The number of nitrogens with zero attached hydrogens (tertiary/aromatic N) is 1. The second kappa shape index (κ2) is 7.38. The normalized spacial score (nSPS) is 30.2. The summed E-state index contributed by atoms with van der Waals surface area (Å²) in [6.45, 7) is 3.93. The molecule has 1 N–H and O–H groups in total. The Labute approximate surface area is 107 Å². The molecule has 2 fully saturated rings. The second-order valence-corrected chi connectivity index (χ2v) is 5.95.